The highest BCUT2D eigenvalue weighted by molar-refractivity contribution is 6.05. The number of nitrogens with zero attached hydrogens (tertiary/aromatic N) is 2. The Balaban J connectivity index is 1.77. The van der Waals surface area contributed by atoms with Crippen molar-refractivity contribution in [1.29, 1.82) is 0 Å². The van der Waals surface area contributed by atoms with Gasteiger partial charge in [0.2, 0.25) is 5.60 Å². The molecule has 0 aliphatic carbocycles. The summed E-state index contributed by atoms with van der Waals surface area (Å²) in [6, 6.07) is 6.67. The average molecular weight is 304 g/mol. The summed E-state index contributed by atoms with van der Waals surface area (Å²) in [6.07, 6.45) is 3.49. The maximum atomic E-state index is 13.9. The van der Waals surface area contributed by atoms with Crippen LogP contribution in [0.3, 0.4) is 0 Å². The molecule has 0 N–H and O–H groups in total. The van der Waals surface area contributed by atoms with E-state index in [1.807, 2.05) is 4.90 Å². The van der Waals surface area contributed by atoms with Gasteiger partial charge in [-0.15, -0.1) is 0 Å². The molecule has 0 unspecified atom stereocenters. The molecule has 1 aromatic carbocycles. The largest absolute Gasteiger partial charge is 0.379 e. The van der Waals surface area contributed by atoms with Crippen LogP contribution < -0.4 is 0 Å². The maximum absolute atomic E-state index is 13.9. The van der Waals surface area contributed by atoms with Crippen LogP contribution in [0.1, 0.15) is 45.1 Å². The molecule has 4 nitrogen and oxygen atoms in total. The standard InChI is InChI=1S/C17H21FN2O2/c1-12-7-5-6-10-20(12)16(21)17(2)11-15(19-22-17)13-8-3-4-9-14(13)18/h3-4,8-9,12H,5-7,10-11H2,1-2H3/t12-,17+/m0/s1. The minimum atomic E-state index is -1.02. The molecule has 1 fully saturated rings. The molecule has 3 rings (SSSR count). The van der Waals surface area contributed by atoms with E-state index >= 15 is 0 Å². The molecule has 0 spiro atoms. The summed E-state index contributed by atoms with van der Waals surface area (Å²) in [5.74, 6) is -0.386. The van der Waals surface area contributed by atoms with E-state index in [9.17, 15) is 9.18 Å². The van der Waals surface area contributed by atoms with Gasteiger partial charge in [0.05, 0.1) is 5.71 Å². The normalized spacial score (nSPS) is 28.2. The van der Waals surface area contributed by atoms with Crippen molar-refractivity contribution in [3.05, 3.63) is 35.6 Å². The Bertz CT molecular complexity index is 616. The maximum Gasteiger partial charge on any atom is 0.269 e. The summed E-state index contributed by atoms with van der Waals surface area (Å²) >= 11 is 0. The first-order chi connectivity index (χ1) is 10.5. The minimum absolute atomic E-state index is 0.0465. The summed E-state index contributed by atoms with van der Waals surface area (Å²) < 4.78 is 13.9. The SMILES string of the molecule is C[C@H]1CCCCN1C(=O)[C@@]1(C)CC(c2ccccc2F)=NO1. The predicted molar refractivity (Wildman–Crippen MR) is 82.1 cm³/mol. The second-order valence-electron chi connectivity index (χ2n) is 6.36. The first-order valence-corrected chi connectivity index (χ1v) is 7.82. The van der Waals surface area contributed by atoms with E-state index in [1.165, 1.54) is 6.07 Å². The van der Waals surface area contributed by atoms with Crippen LogP contribution in [-0.2, 0) is 9.63 Å². The van der Waals surface area contributed by atoms with Gasteiger partial charge in [-0.1, -0.05) is 23.4 Å². The zero-order chi connectivity index (χ0) is 15.7. The molecule has 2 atom stereocenters. The Morgan fingerprint density at radius 2 is 2.18 bits per heavy atom. The van der Waals surface area contributed by atoms with E-state index in [1.54, 1.807) is 25.1 Å². The number of carbonyl (C=O) groups excluding carboxylic acids is 1. The highest BCUT2D eigenvalue weighted by atomic mass is 19.1. The summed E-state index contributed by atoms with van der Waals surface area (Å²) in [7, 11) is 0. The Labute approximate surface area is 129 Å². The molecular weight excluding hydrogens is 283 g/mol. The molecule has 2 heterocycles. The Morgan fingerprint density at radius 1 is 1.41 bits per heavy atom. The lowest BCUT2D eigenvalue weighted by molar-refractivity contribution is -0.156. The van der Waals surface area contributed by atoms with Crippen molar-refractivity contribution < 1.29 is 14.0 Å². The predicted octanol–water partition coefficient (Wildman–Crippen LogP) is 3.11. The van der Waals surface area contributed by atoms with Crippen LogP contribution >= 0.6 is 0 Å². The van der Waals surface area contributed by atoms with Gasteiger partial charge in [-0.3, -0.25) is 4.79 Å². The van der Waals surface area contributed by atoms with E-state index in [4.69, 9.17) is 4.84 Å². The molecule has 0 bridgehead atoms. The van der Waals surface area contributed by atoms with Gasteiger partial charge in [0.15, 0.2) is 0 Å². The van der Waals surface area contributed by atoms with Gasteiger partial charge in [-0.05, 0) is 39.2 Å². The fourth-order valence-corrected chi connectivity index (χ4v) is 3.20. The number of oxime groups is 1. The second kappa shape index (κ2) is 5.71. The van der Waals surface area contributed by atoms with Gasteiger partial charge in [-0.2, -0.15) is 0 Å². The average Bonchev–Trinajstić information content (AvgIpc) is 2.91. The molecule has 118 valence electrons. The topological polar surface area (TPSA) is 41.9 Å². The molecule has 1 amide bonds. The Hall–Kier alpha value is -1.91. The van der Waals surface area contributed by atoms with Crippen LogP contribution in [0, 0.1) is 5.82 Å². The molecule has 5 heteroatoms. The van der Waals surface area contributed by atoms with Crippen LogP contribution in [0.5, 0.6) is 0 Å². The number of hydrogen-bond donors (Lipinski definition) is 0. The minimum Gasteiger partial charge on any atom is -0.379 e. The molecular formula is C17H21FN2O2. The van der Waals surface area contributed by atoms with E-state index in [-0.39, 0.29) is 17.8 Å². The molecule has 1 aromatic rings. The van der Waals surface area contributed by atoms with Crippen LogP contribution in [0.4, 0.5) is 4.39 Å². The molecule has 2 aliphatic rings. The summed E-state index contributed by atoms with van der Waals surface area (Å²) in [5.41, 5.74) is -0.118. The fourth-order valence-electron chi connectivity index (χ4n) is 3.20. The van der Waals surface area contributed by atoms with Crippen molar-refractivity contribution in [2.24, 2.45) is 5.16 Å². The molecule has 0 aromatic heterocycles. The highest BCUT2D eigenvalue weighted by Crippen LogP contribution is 2.31. The van der Waals surface area contributed by atoms with Crippen LogP contribution in [0.25, 0.3) is 0 Å². The van der Waals surface area contributed by atoms with Crippen LogP contribution in [0.15, 0.2) is 29.4 Å². The second-order valence-corrected chi connectivity index (χ2v) is 6.36. The van der Waals surface area contributed by atoms with E-state index in [0.29, 0.717) is 17.7 Å². The van der Waals surface area contributed by atoms with Gasteiger partial charge in [-0.25, -0.2) is 4.39 Å². The van der Waals surface area contributed by atoms with E-state index in [2.05, 4.69) is 12.1 Å². The summed E-state index contributed by atoms with van der Waals surface area (Å²) in [4.78, 5) is 20.2. The molecule has 22 heavy (non-hydrogen) atoms. The lowest BCUT2D eigenvalue weighted by Gasteiger charge is -2.37. The molecule has 0 saturated carbocycles. The number of rotatable bonds is 2. The van der Waals surface area contributed by atoms with Crippen molar-refractivity contribution >= 4 is 11.6 Å². The molecule has 1 saturated heterocycles. The number of benzene rings is 1. The van der Waals surface area contributed by atoms with Crippen molar-refractivity contribution in [3.8, 4) is 0 Å². The van der Waals surface area contributed by atoms with Crippen molar-refractivity contribution in [1.82, 2.24) is 4.90 Å². The monoisotopic (exact) mass is 304 g/mol. The first kappa shape index (κ1) is 15.0. The lowest BCUT2D eigenvalue weighted by Crippen LogP contribution is -2.52. The van der Waals surface area contributed by atoms with Crippen LogP contribution in [-0.4, -0.2) is 34.7 Å². The first-order valence-electron chi connectivity index (χ1n) is 7.82. The number of carbonyl (C=O) groups is 1. The Morgan fingerprint density at radius 3 is 2.91 bits per heavy atom. The van der Waals surface area contributed by atoms with Gasteiger partial charge >= 0.3 is 0 Å². The van der Waals surface area contributed by atoms with E-state index < -0.39 is 5.60 Å². The van der Waals surface area contributed by atoms with Gasteiger partial charge in [0.1, 0.15) is 5.82 Å². The van der Waals surface area contributed by atoms with Crippen molar-refractivity contribution in [2.45, 2.75) is 51.2 Å². The fraction of sp³-hybridized carbons (Fsp3) is 0.529. The highest BCUT2D eigenvalue weighted by Gasteiger charge is 2.46. The Kier molecular flexibility index (Phi) is 3.89. The summed E-state index contributed by atoms with van der Waals surface area (Å²) in [6.45, 7) is 4.57. The third-order valence-corrected chi connectivity index (χ3v) is 4.56. The third kappa shape index (κ3) is 2.60. The van der Waals surface area contributed by atoms with Gasteiger partial charge < -0.3 is 9.74 Å². The third-order valence-electron chi connectivity index (χ3n) is 4.56. The molecule has 0 radical (unpaired) electrons. The lowest BCUT2D eigenvalue weighted by atomic mass is 9.92. The number of hydrogen-bond acceptors (Lipinski definition) is 3. The van der Waals surface area contributed by atoms with E-state index in [0.717, 1.165) is 25.8 Å². The number of amides is 1. The number of likely N-dealkylation sites (tertiary alicyclic amines) is 1. The zero-order valence-corrected chi connectivity index (χ0v) is 13.0. The van der Waals surface area contributed by atoms with Gasteiger partial charge in [0.25, 0.3) is 5.91 Å². The molecule has 2 aliphatic heterocycles. The van der Waals surface area contributed by atoms with Crippen LogP contribution in [0.2, 0.25) is 0 Å². The van der Waals surface area contributed by atoms with Crippen molar-refractivity contribution in [3.63, 3.8) is 0 Å². The van der Waals surface area contributed by atoms with Crippen molar-refractivity contribution in [2.75, 3.05) is 6.54 Å². The smallest absolute Gasteiger partial charge is 0.269 e. The number of halogens is 1. The summed E-state index contributed by atoms with van der Waals surface area (Å²) in [5, 5.41) is 3.99. The van der Waals surface area contributed by atoms with Gasteiger partial charge in [0, 0.05) is 24.6 Å². The zero-order valence-electron chi connectivity index (χ0n) is 13.0. The quantitative estimate of drug-likeness (QED) is 0.842. The number of piperidine rings is 1.